The van der Waals surface area contributed by atoms with Crippen LogP contribution in [0.2, 0.25) is 0 Å². The fraction of sp³-hybridized carbons (Fsp3) is 0.421. The fourth-order valence-corrected chi connectivity index (χ4v) is 9.10. The number of hydrogen-bond acceptors (Lipinski definition) is 8. The van der Waals surface area contributed by atoms with E-state index in [1.54, 1.807) is 12.4 Å². The molecule has 4 bridgehead atoms. The molecule has 4 aliphatic heterocycles. The number of nitrogens with two attached hydrogens (primary N) is 2. The average molecular weight is 700 g/mol. The van der Waals surface area contributed by atoms with Crippen molar-refractivity contribution in [2.24, 2.45) is 10.8 Å². The number of aliphatic hydroxyl groups excluding tert-OH is 2. The molecule has 0 radical (unpaired) electrons. The van der Waals surface area contributed by atoms with Crippen LogP contribution in [0.4, 0.5) is 11.4 Å². The highest BCUT2D eigenvalue weighted by molar-refractivity contribution is 9.09. The van der Waals surface area contributed by atoms with Gasteiger partial charge in [-0.1, -0.05) is 64.5 Å². The smallest absolute Gasteiger partial charge is 0.106 e. The number of pyridine rings is 2. The molecule has 0 amide bonds. The van der Waals surface area contributed by atoms with Crippen molar-refractivity contribution in [1.82, 2.24) is 9.97 Å². The van der Waals surface area contributed by atoms with Crippen molar-refractivity contribution in [3.63, 3.8) is 0 Å². The third-order valence-electron chi connectivity index (χ3n) is 11.2. The van der Waals surface area contributed by atoms with Crippen molar-refractivity contribution in [3.8, 4) is 22.5 Å². The predicted molar refractivity (Wildman–Crippen MR) is 188 cm³/mol. The molecule has 6 aliphatic rings. The summed E-state index contributed by atoms with van der Waals surface area (Å²) < 4.78 is 12.5. The zero-order valence-corrected chi connectivity index (χ0v) is 28.2. The first kappa shape index (κ1) is 32.2. The van der Waals surface area contributed by atoms with E-state index in [-0.39, 0.29) is 40.1 Å². The fourth-order valence-electron chi connectivity index (χ4n) is 7.79. The highest BCUT2D eigenvalue weighted by atomic mass is 79.9. The van der Waals surface area contributed by atoms with Crippen LogP contribution in [0.1, 0.15) is 56.1 Å². The predicted octanol–water partition coefficient (Wildman–Crippen LogP) is 6.59. The minimum Gasteiger partial charge on any atom is -0.397 e. The number of nitrogens with zero attached hydrogens (tertiary/aromatic N) is 2. The molecule has 0 spiro atoms. The number of nitrogen functional groups attached to an aromatic ring is 2. The first-order valence-corrected chi connectivity index (χ1v) is 17.4. The molecule has 2 saturated carbocycles. The van der Waals surface area contributed by atoms with Crippen LogP contribution in [0.5, 0.6) is 0 Å². The van der Waals surface area contributed by atoms with Gasteiger partial charge >= 0.3 is 0 Å². The molecule has 4 saturated heterocycles. The van der Waals surface area contributed by atoms with Gasteiger partial charge in [0.05, 0.1) is 67.2 Å². The lowest BCUT2D eigenvalue weighted by Gasteiger charge is -2.55. The maximum Gasteiger partial charge on any atom is 0.106 e. The van der Waals surface area contributed by atoms with Crippen LogP contribution in [0.15, 0.2) is 85.2 Å². The van der Waals surface area contributed by atoms with Gasteiger partial charge in [0, 0.05) is 26.8 Å². The summed E-state index contributed by atoms with van der Waals surface area (Å²) in [6, 6.07) is 24.6. The van der Waals surface area contributed by atoms with E-state index in [4.69, 9.17) is 20.9 Å². The first-order chi connectivity index (χ1) is 22.7. The molecule has 6 fully saturated rings. The summed E-state index contributed by atoms with van der Waals surface area (Å²) in [5, 5.41) is 19.3. The minimum absolute atomic E-state index is 0.00950. The Bertz CT molecular complexity index is 1650. The van der Waals surface area contributed by atoms with Crippen molar-refractivity contribution in [3.05, 3.63) is 96.3 Å². The Hall–Kier alpha value is -3.34. The van der Waals surface area contributed by atoms with Crippen LogP contribution in [0, 0.1) is 10.8 Å². The Morgan fingerprint density at radius 2 is 1.15 bits per heavy atom. The van der Waals surface area contributed by atoms with Gasteiger partial charge in [0.25, 0.3) is 0 Å². The largest absolute Gasteiger partial charge is 0.397 e. The summed E-state index contributed by atoms with van der Waals surface area (Å²) in [4.78, 5) is 8.97. The Morgan fingerprint density at radius 3 is 1.55 bits per heavy atom. The normalized spacial score (nSPS) is 30.8. The maximum atomic E-state index is 9.70. The third kappa shape index (κ3) is 5.97. The van der Waals surface area contributed by atoms with Gasteiger partial charge in [0.15, 0.2) is 0 Å². The van der Waals surface area contributed by atoms with Gasteiger partial charge < -0.3 is 31.2 Å². The summed E-state index contributed by atoms with van der Waals surface area (Å²) in [6.07, 6.45) is 10.3. The van der Waals surface area contributed by atoms with Crippen LogP contribution in [-0.2, 0) is 20.7 Å². The Labute approximate surface area is 284 Å². The highest BCUT2D eigenvalue weighted by Crippen LogP contribution is 2.56. The molecule has 2 aliphatic carbocycles. The molecule has 6 heterocycles. The molecule has 2 aromatic carbocycles. The Kier molecular flexibility index (Phi) is 8.64. The van der Waals surface area contributed by atoms with Crippen LogP contribution in [-0.4, -0.2) is 51.4 Å². The topological polar surface area (TPSA) is 137 Å². The van der Waals surface area contributed by atoms with Crippen molar-refractivity contribution in [2.75, 3.05) is 37.9 Å². The Morgan fingerprint density at radius 1 is 0.638 bits per heavy atom. The number of fused-ring (bicyclic) bond motifs is 6. The molecule has 9 heteroatoms. The summed E-state index contributed by atoms with van der Waals surface area (Å²) in [5.74, 6) is 0. The zero-order valence-electron chi connectivity index (χ0n) is 26.6. The average Bonchev–Trinajstić information content (AvgIpc) is 3.14. The first-order valence-electron chi connectivity index (χ1n) is 16.5. The number of halogens is 1. The van der Waals surface area contributed by atoms with Crippen LogP contribution >= 0.6 is 15.9 Å². The number of hydrogen-bond donors (Lipinski definition) is 4. The molecule has 6 N–H and O–H groups in total. The van der Waals surface area contributed by atoms with Crippen molar-refractivity contribution < 1.29 is 19.7 Å². The summed E-state index contributed by atoms with van der Waals surface area (Å²) in [5.41, 5.74) is 18.7. The molecule has 10 rings (SSSR count). The van der Waals surface area contributed by atoms with Gasteiger partial charge in [0.1, 0.15) is 5.60 Å². The van der Waals surface area contributed by atoms with E-state index >= 15 is 0 Å². The number of anilines is 2. The van der Waals surface area contributed by atoms with Gasteiger partial charge in [-0.25, -0.2) is 0 Å². The van der Waals surface area contributed by atoms with E-state index in [1.807, 2.05) is 24.3 Å². The maximum absolute atomic E-state index is 9.70. The van der Waals surface area contributed by atoms with Gasteiger partial charge in [-0.05, 0) is 80.3 Å². The molecular formula is C38H43BrN4O4. The molecule has 2 aromatic heterocycles. The second-order valence-electron chi connectivity index (χ2n) is 14.1. The van der Waals surface area contributed by atoms with Crippen LogP contribution in [0.3, 0.4) is 0 Å². The van der Waals surface area contributed by atoms with Crippen LogP contribution in [0.25, 0.3) is 22.5 Å². The Balaban J connectivity index is 0.000000150. The zero-order chi connectivity index (χ0) is 32.7. The van der Waals surface area contributed by atoms with Crippen molar-refractivity contribution >= 4 is 27.3 Å². The number of rotatable bonds is 6. The van der Waals surface area contributed by atoms with Crippen molar-refractivity contribution in [2.45, 2.75) is 61.0 Å². The summed E-state index contributed by atoms with van der Waals surface area (Å²) in [6.45, 7) is 1.75. The van der Waals surface area contributed by atoms with Crippen LogP contribution < -0.4 is 11.5 Å². The molecule has 3 atom stereocenters. The number of alkyl halides is 1. The molecular weight excluding hydrogens is 656 g/mol. The minimum atomic E-state index is -0.288. The monoisotopic (exact) mass is 698 g/mol. The quantitative estimate of drug-likeness (QED) is 0.166. The molecule has 8 nitrogen and oxygen atoms in total. The van der Waals surface area contributed by atoms with E-state index in [9.17, 15) is 10.2 Å². The summed E-state index contributed by atoms with van der Waals surface area (Å²) in [7, 11) is 0. The van der Waals surface area contributed by atoms with Gasteiger partial charge in [-0.3, -0.25) is 9.97 Å². The molecule has 47 heavy (non-hydrogen) atoms. The molecule has 246 valence electrons. The lowest BCUT2D eigenvalue weighted by atomic mass is 9.64. The number of benzene rings is 2. The molecule has 4 aromatic rings. The molecule has 3 unspecified atom stereocenters. The van der Waals surface area contributed by atoms with E-state index in [2.05, 4.69) is 74.4 Å². The summed E-state index contributed by atoms with van der Waals surface area (Å²) >= 11 is 3.82. The second kappa shape index (κ2) is 12.6. The SMILES string of the molecule is Nc1ccc(-c2ccc(C34CCC(CO)(CC3)CO4)cc2)nc1.Nc1ccc(-c2ccc(C34CCC(CO)(CO3)CC4Br)cc2)nc1. The number of ether oxygens (including phenoxy) is 2. The van der Waals surface area contributed by atoms with Gasteiger partial charge in [-0.15, -0.1) is 0 Å². The standard InChI is InChI=1S/C19H21BrN2O2.C19H22N2O2/c20-17-9-18(11-23)7-8-19(17,24-12-18)14-3-1-13(2-4-14)16-6-5-15(21)10-22-16;20-16-5-6-17(21-11-16)14-1-3-15(4-2-14)19-9-7-18(12-22,8-10-19)13-23-19/h1-6,10,17,23H,7-9,11-12,21H2;1-6,11,22H,7-10,12-13,20H2. The van der Waals surface area contributed by atoms with E-state index in [1.165, 1.54) is 11.1 Å². The highest BCUT2D eigenvalue weighted by Gasteiger charge is 2.55. The lowest BCUT2D eigenvalue weighted by Crippen LogP contribution is -2.56. The third-order valence-corrected chi connectivity index (χ3v) is 12.2. The van der Waals surface area contributed by atoms with Gasteiger partial charge in [0.2, 0.25) is 0 Å². The lowest BCUT2D eigenvalue weighted by molar-refractivity contribution is -0.199. The van der Waals surface area contributed by atoms with E-state index in [0.717, 1.165) is 67.5 Å². The second-order valence-corrected chi connectivity index (χ2v) is 15.2. The van der Waals surface area contributed by atoms with Crippen molar-refractivity contribution in [1.29, 1.82) is 0 Å². The van der Waals surface area contributed by atoms with Gasteiger partial charge in [-0.2, -0.15) is 0 Å². The van der Waals surface area contributed by atoms with E-state index < -0.39 is 0 Å². The number of aromatic nitrogens is 2. The number of aliphatic hydroxyl groups is 2. The van der Waals surface area contributed by atoms with E-state index in [0.29, 0.717) is 24.6 Å².